The van der Waals surface area contributed by atoms with Crippen LogP contribution in [0.3, 0.4) is 0 Å². The summed E-state index contributed by atoms with van der Waals surface area (Å²) in [5.41, 5.74) is 1.45. The second-order valence-electron chi connectivity index (χ2n) is 5.79. The number of hydrogen-bond donors (Lipinski definition) is 0. The molecule has 6 heteroatoms. The van der Waals surface area contributed by atoms with E-state index in [0.717, 1.165) is 6.42 Å². The summed E-state index contributed by atoms with van der Waals surface area (Å²) in [7, 11) is 1.52. The van der Waals surface area contributed by atoms with E-state index < -0.39 is 4.92 Å². The number of benzene rings is 1. The van der Waals surface area contributed by atoms with Crippen LogP contribution in [0, 0.1) is 16.0 Å². The van der Waals surface area contributed by atoms with Gasteiger partial charge in [-0.1, -0.05) is 29.8 Å². The Balaban J connectivity index is 2.04. The fraction of sp³-hybridized carbons (Fsp3) is 0.278. The van der Waals surface area contributed by atoms with Gasteiger partial charge >= 0.3 is 0 Å². The summed E-state index contributed by atoms with van der Waals surface area (Å²) in [4.78, 5) is 23.6. The summed E-state index contributed by atoms with van der Waals surface area (Å²) in [5, 5.41) is 11.7. The van der Waals surface area contributed by atoms with Crippen molar-refractivity contribution in [2.75, 3.05) is 7.11 Å². The van der Waals surface area contributed by atoms with Crippen molar-refractivity contribution in [2.24, 2.45) is 5.92 Å². The van der Waals surface area contributed by atoms with Crippen molar-refractivity contribution >= 4 is 23.5 Å². The van der Waals surface area contributed by atoms with Crippen molar-refractivity contribution in [3.63, 3.8) is 0 Å². The number of ketones is 1. The van der Waals surface area contributed by atoms with E-state index in [2.05, 4.69) is 0 Å². The Labute approximate surface area is 144 Å². The van der Waals surface area contributed by atoms with Crippen molar-refractivity contribution in [3.8, 4) is 5.75 Å². The maximum absolute atomic E-state index is 12.8. The summed E-state index contributed by atoms with van der Waals surface area (Å²) in [5.74, 6) is 0.208. The second kappa shape index (κ2) is 6.61. The van der Waals surface area contributed by atoms with Gasteiger partial charge in [-0.15, -0.1) is 0 Å². The highest BCUT2D eigenvalue weighted by molar-refractivity contribution is 6.33. The number of hydrogen-bond acceptors (Lipinski definition) is 4. The van der Waals surface area contributed by atoms with E-state index >= 15 is 0 Å². The Morgan fingerprint density at radius 3 is 2.92 bits per heavy atom. The third-order valence-electron chi connectivity index (χ3n) is 4.42. The predicted octanol–water partition coefficient (Wildman–Crippen LogP) is 4.20. The zero-order chi connectivity index (χ0) is 17.3. The molecule has 0 aliphatic heterocycles. The number of carbonyl (C=O) groups is 1. The van der Waals surface area contributed by atoms with Gasteiger partial charge in [0.05, 0.1) is 22.6 Å². The Morgan fingerprint density at radius 1 is 1.42 bits per heavy atom. The van der Waals surface area contributed by atoms with Crippen LogP contribution in [0.25, 0.3) is 6.08 Å². The van der Waals surface area contributed by atoms with E-state index in [9.17, 15) is 14.9 Å². The molecule has 124 valence electrons. The summed E-state index contributed by atoms with van der Waals surface area (Å²) < 4.78 is 5.18. The largest absolute Gasteiger partial charge is 0.495 e. The van der Waals surface area contributed by atoms with Crippen LogP contribution in [-0.4, -0.2) is 17.8 Å². The molecule has 1 fully saturated rings. The minimum Gasteiger partial charge on any atom is -0.495 e. The van der Waals surface area contributed by atoms with Gasteiger partial charge in [0.25, 0.3) is 5.70 Å². The van der Waals surface area contributed by atoms with E-state index in [1.165, 1.54) is 13.2 Å². The summed E-state index contributed by atoms with van der Waals surface area (Å²) >= 11 is 6.28. The van der Waals surface area contributed by atoms with Gasteiger partial charge in [-0.05, 0) is 42.9 Å². The van der Waals surface area contributed by atoms with Crippen LogP contribution in [0.5, 0.6) is 5.75 Å². The number of Topliss-reactive ketones (excluding diaryl/α,β-unsaturated/α-hetero) is 1. The van der Waals surface area contributed by atoms with Crippen molar-refractivity contribution in [3.05, 3.63) is 67.9 Å². The topological polar surface area (TPSA) is 69.4 Å². The van der Waals surface area contributed by atoms with Crippen LogP contribution in [0.1, 0.15) is 24.8 Å². The highest BCUT2D eigenvalue weighted by Crippen LogP contribution is 2.39. The fourth-order valence-electron chi connectivity index (χ4n) is 3.22. The molecule has 0 N–H and O–H groups in total. The molecule has 0 saturated heterocycles. The van der Waals surface area contributed by atoms with Crippen molar-refractivity contribution in [1.29, 1.82) is 0 Å². The molecule has 24 heavy (non-hydrogen) atoms. The number of methoxy groups -OCH3 is 1. The quantitative estimate of drug-likeness (QED) is 0.467. The lowest BCUT2D eigenvalue weighted by molar-refractivity contribution is -0.420. The summed E-state index contributed by atoms with van der Waals surface area (Å²) in [6, 6.07) is 5.32. The number of rotatable bonds is 3. The highest BCUT2D eigenvalue weighted by Gasteiger charge is 2.36. The minimum atomic E-state index is -0.475. The number of nitrogens with zero attached hydrogens (tertiary/aromatic N) is 1. The second-order valence-corrected chi connectivity index (χ2v) is 6.17. The third-order valence-corrected chi connectivity index (χ3v) is 4.82. The number of fused-ring (bicyclic) bond motifs is 1. The Bertz CT molecular complexity index is 807. The molecule has 1 atom stereocenters. The molecule has 3 rings (SSSR count). The van der Waals surface area contributed by atoms with E-state index in [1.54, 1.807) is 30.4 Å². The van der Waals surface area contributed by atoms with Crippen LogP contribution in [0.2, 0.25) is 5.02 Å². The van der Waals surface area contributed by atoms with Gasteiger partial charge in [0.2, 0.25) is 0 Å². The zero-order valence-corrected chi connectivity index (χ0v) is 13.9. The molecule has 2 aliphatic carbocycles. The molecule has 0 amide bonds. The van der Waals surface area contributed by atoms with Crippen LogP contribution in [0.15, 0.2) is 47.2 Å². The van der Waals surface area contributed by atoms with Crippen molar-refractivity contribution in [2.45, 2.75) is 19.3 Å². The SMILES string of the molecule is COc1cccc(C=C2CCC3CC=CC([N+](=O)[O-])=C3C2=O)c1Cl. The molecular weight excluding hydrogens is 330 g/mol. The molecule has 1 saturated carbocycles. The van der Waals surface area contributed by atoms with Gasteiger partial charge in [0.1, 0.15) is 5.75 Å². The molecule has 2 aliphatic rings. The van der Waals surface area contributed by atoms with Gasteiger partial charge in [0, 0.05) is 11.6 Å². The normalized spacial score (nSPS) is 21.8. The smallest absolute Gasteiger partial charge is 0.276 e. The Kier molecular flexibility index (Phi) is 4.53. The first-order chi connectivity index (χ1) is 11.5. The standard InChI is InChI=1S/C18H16ClNO4/c1-24-15-7-3-5-12(17(15)19)10-13-9-8-11-4-2-6-14(20(22)23)16(11)18(13)21/h2-3,5-7,10-11H,4,8-9H2,1H3. The van der Waals surface area contributed by atoms with Crippen LogP contribution >= 0.6 is 11.6 Å². The summed E-state index contributed by atoms with van der Waals surface area (Å²) in [6.07, 6.45) is 6.89. The van der Waals surface area contributed by atoms with Gasteiger partial charge in [-0.3, -0.25) is 14.9 Å². The number of nitro groups is 1. The van der Waals surface area contributed by atoms with Crippen LogP contribution in [0.4, 0.5) is 0 Å². The number of carbonyl (C=O) groups excluding carboxylic acids is 1. The molecular formula is C18H16ClNO4. The third kappa shape index (κ3) is 2.87. The molecule has 1 aromatic carbocycles. The first-order valence-electron chi connectivity index (χ1n) is 7.65. The van der Waals surface area contributed by atoms with Gasteiger partial charge in [-0.25, -0.2) is 0 Å². The molecule has 0 aromatic heterocycles. The monoisotopic (exact) mass is 345 g/mol. The zero-order valence-electron chi connectivity index (χ0n) is 13.1. The first-order valence-corrected chi connectivity index (χ1v) is 8.03. The van der Waals surface area contributed by atoms with Crippen LogP contribution < -0.4 is 4.74 Å². The van der Waals surface area contributed by atoms with E-state index in [0.29, 0.717) is 40.3 Å². The van der Waals surface area contributed by atoms with Gasteiger partial charge < -0.3 is 4.74 Å². The van der Waals surface area contributed by atoms with E-state index in [1.807, 2.05) is 0 Å². The van der Waals surface area contributed by atoms with Gasteiger partial charge in [-0.2, -0.15) is 0 Å². The Morgan fingerprint density at radius 2 is 2.21 bits per heavy atom. The number of ether oxygens (including phenoxy) is 1. The van der Waals surface area contributed by atoms with Crippen molar-refractivity contribution < 1.29 is 14.5 Å². The Hall–Kier alpha value is -2.40. The maximum Gasteiger partial charge on any atom is 0.276 e. The minimum absolute atomic E-state index is 0.0687. The molecule has 1 aromatic rings. The molecule has 0 spiro atoms. The summed E-state index contributed by atoms with van der Waals surface area (Å²) in [6.45, 7) is 0. The van der Waals surface area contributed by atoms with Gasteiger partial charge in [0.15, 0.2) is 5.78 Å². The lowest BCUT2D eigenvalue weighted by Crippen LogP contribution is -2.26. The highest BCUT2D eigenvalue weighted by atomic mass is 35.5. The first kappa shape index (κ1) is 16.5. The van der Waals surface area contributed by atoms with E-state index in [-0.39, 0.29) is 17.4 Å². The average molecular weight is 346 g/mol. The lowest BCUT2D eigenvalue weighted by Gasteiger charge is -2.26. The predicted molar refractivity (Wildman–Crippen MR) is 91.5 cm³/mol. The molecule has 1 unspecified atom stereocenters. The lowest BCUT2D eigenvalue weighted by atomic mass is 9.75. The number of allylic oxidation sites excluding steroid dienone is 4. The maximum atomic E-state index is 12.8. The number of halogens is 1. The molecule has 5 nitrogen and oxygen atoms in total. The molecule has 0 radical (unpaired) electrons. The fourth-order valence-corrected chi connectivity index (χ4v) is 3.48. The van der Waals surface area contributed by atoms with Crippen LogP contribution in [-0.2, 0) is 4.79 Å². The molecule has 0 bridgehead atoms. The molecule has 0 heterocycles. The average Bonchev–Trinajstić information content (AvgIpc) is 2.58. The van der Waals surface area contributed by atoms with E-state index in [4.69, 9.17) is 16.3 Å². The van der Waals surface area contributed by atoms with Crippen molar-refractivity contribution in [1.82, 2.24) is 0 Å².